The molecule has 0 aliphatic carbocycles. The van der Waals surface area contributed by atoms with Crippen LogP contribution in [0.15, 0.2) is 170 Å². The maximum atomic E-state index is 3.68. The Labute approximate surface area is 226 Å². The van der Waals surface area contributed by atoms with Gasteiger partial charge in [0.2, 0.25) is 0 Å². The maximum absolute atomic E-state index is 3.68. The molecule has 0 aromatic heterocycles. The van der Waals surface area contributed by atoms with Gasteiger partial charge in [-0.2, -0.15) is 0 Å². The third-order valence-electron chi connectivity index (χ3n) is 7.23. The van der Waals surface area contributed by atoms with E-state index in [-0.39, 0.29) is 0 Å². The van der Waals surface area contributed by atoms with E-state index in [0.29, 0.717) is 0 Å². The molecule has 0 heterocycles. The van der Waals surface area contributed by atoms with Crippen LogP contribution < -0.4 is 26.1 Å². The molecular formula is C36H29NSi. The van der Waals surface area contributed by atoms with Gasteiger partial charge in [-0.25, -0.2) is 0 Å². The van der Waals surface area contributed by atoms with Gasteiger partial charge in [-0.15, -0.1) is 0 Å². The van der Waals surface area contributed by atoms with E-state index in [1.807, 2.05) is 0 Å². The molecule has 38 heavy (non-hydrogen) atoms. The molecule has 0 unspecified atom stereocenters. The number of anilines is 2. The minimum atomic E-state index is -2.51. The second-order valence-corrected chi connectivity index (χ2v) is 13.3. The summed E-state index contributed by atoms with van der Waals surface area (Å²) in [5.74, 6) is 0. The second kappa shape index (κ2) is 10.8. The fourth-order valence-corrected chi connectivity index (χ4v) is 10.2. The van der Waals surface area contributed by atoms with Crippen LogP contribution in [0.4, 0.5) is 11.4 Å². The molecule has 6 aromatic rings. The van der Waals surface area contributed by atoms with Crippen molar-refractivity contribution in [1.82, 2.24) is 0 Å². The lowest BCUT2D eigenvalue weighted by Gasteiger charge is -2.34. The second-order valence-electron chi connectivity index (χ2n) is 9.46. The minimum absolute atomic E-state index is 1.08. The molecule has 0 aliphatic heterocycles. The van der Waals surface area contributed by atoms with Crippen molar-refractivity contribution in [2.45, 2.75) is 0 Å². The highest BCUT2D eigenvalue weighted by Crippen LogP contribution is 2.30. The number of nitrogens with one attached hydrogen (secondary N) is 1. The summed E-state index contributed by atoms with van der Waals surface area (Å²) in [4.78, 5) is 0. The molecule has 6 rings (SSSR count). The van der Waals surface area contributed by atoms with Crippen LogP contribution in [0.2, 0.25) is 0 Å². The average molecular weight is 504 g/mol. The molecule has 0 fully saturated rings. The van der Waals surface area contributed by atoms with Crippen molar-refractivity contribution in [1.29, 1.82) is 0 Å². The van der Waals surface area contributed by atoms with E-state index in [4.69, 9.17) is 0 Å². The zero-order valence-electron chi connectivity index (χ0n) is 21.2. The Balaban J connectivity index is 1.46. The number of hydrogen-bond donors (Lipinski definition) is 1. The Morgan fingerprint density at radius 1 is 0.342 bits per heavy atom. The smallest absolute Gasteiger partial charge is 0.179 e. The molecule has 0 saturated carbocycles. The highest BCUT2D eigenvalue weighted by atomic mass is 28.3. The van der Waals surface area contributed by atoms with Crippen molar-refractivity contribution in [3.8, 4) is 11.1 Å². The fourth-order valence-electron chi connectivity index (χ4n) is 5.49. The van der Waals surface area contributed by atoms with Gasteiger partial charge in [-0.3, -0.25) is 0 Å². The van der Waals surface area contributed by atoms with Crippen molar-refractivity contribution in [2.24, 2.45) is 0 Å². The van der Waals surface area contributed by atoms with Crippen molar-refractivity contribution in [2.75, 3.05) is 5.32 Å². The first-order valence-electron chi connectivity index (χ1n) is 13.0. The normalized spacial score (nSPS) is 11.2. The molecule has 0 bridgehead atoms. The SMILES string of the molecule is c1ccc(-c2ccccc2Nc2ccc([Si](c3ccccc3)(c3ccccc3)c3ccccc3)cc2)cc1. The van der Waals surface area contributed by atoms with Gasteiger partial charge in [0, 0.05) is 16.9 Å². The monoisotopic (exact) mass is 503 g/mol. The van der Waals surface area contributed by atoms with E-state index in [1.165, 1.54) is 31.9 Å². The third kappa shape index (κ3) is 4.47. The maximum Gasteiger partial charge on any atom is 0.179 e. The van der Waals surface area contributed by atoms with Crippen molar-refractivity contribution in [3.63, 3.8) is 0 Å². The highest BCUT2D eigenvalue weighted by molar-refractivity contribution is 7.19. The van der Waals surface area contributed by atoms with Gasteiger partial charge in [0.15, 0.2) is 8.07 Å². The molecule has 182 valence electrons. The van der Waals surface area contributed by atoms with Gasteiger partial charge in [0.1, 0.15) is 0 Å². The molecule has 0 aliphatic rings. The van der Waals surface area contributed by atoms with Crippen molar-refractivity contribution < 1.29 is 0 Å². The summed E-state index contributed by atoms with van der Waals surface area (Å²) in [6, 6.07) is 61.3. The Kier molecular flexibility index (Phi) is 6.71. The molecule has 0 spiro atoms. The largest absolute Gasteiger partial charge is 0.355 e. The molecule has 0 atom stereocenters. The summed E-state index contributed by atoms with van der Waals surface area (Å²) in [5, 5.41) is 9.19. The van der Waals surface area contributed by atoms with Gasteiger partial charge in [0.05, 0.1) is 0 Å². The van der Waals surface area contributed by atoms with Crippen molar-refractivity contribution in [3.05, 3.63) is 170 Å². The molecule has 6 aromatic carbocycles. The third-order valence-corrected chi connectivity index (χ3v) is 12.0. The zero-order chi connectivity index (χ0) is 25.6. The van der Waals surface area contributed by atoms with E-state index in [2.05, 4.69) is 175 Å². The minimum Gasteiger partial charge on any atom is -0.355 e. The molecule has 0 amide bonds. The van der Waals surface area contributed by atoms with Crippen molar-refractivity contribution >= 4 is 40.2 Å². The van der Waals surface area contributed by atoms with Gasteiger partial charge >= 0.3 is 0 Å². The topological polar surface area (TPSA) is 12.0 Å². The summed E-state index contributed by atoms with van der Waals surface area (Å²) in [5.41, 5.74) is 4.58. The first-order chi connectivity index (χ1) is 18.9. The molecule has 1 nitrogen and oxygen atoms in total. The lowest BCUT2D eigenvalue weighted by molar-refractivity contribution is 1.54. The standard InChI is InChI=1S/C36H29NSi/c1-5-15-29(16-6-1)35-23-13-14-24-36(35)37-30-25-27-34(28-26-30)38(31-17-7-2-8-18-31,32-19-9-3-10-20-32)33-21-11-4-12-22-33/h1-28,37H. The lowest BCUT2D eigenvalue weighted by Crippen LogP contribution is -2.74. The van der Waals surface area contributed by atoms with Crippen LogP contribution in [-0.2, 0) is 0 Å². The van der Waals surface area contributed by atoms with Gasteiger partial charge in [-0.1, -0.05) is 152 Å². The number of benzene rings is 6. The first kappa shape index (κ1) is 23.7. The Morgan fingerprint density at radius 2 is 0.737 bits per heavy atom. The molecule has 1 N–H and O–H groups in total. The Morgan fingerprint density at radius 3 is 1.24 bits per heavy atom. The van der Waals surface area contributed by atoms with Crippen LogP contribution in [0.3, 0.4) is 0 Å². The van der Waals surface area contributed by atoms with Crippen LogP contribution in [0.1, 0.15) is 0 Å². The predicted octanol–water partition coefficient (Wildman–Crippen LogP) is 6.47. The van der Waals surface area contributed by atoms with E-state index in [9.17, 15) is 0 Å². The van der Waals surface area contributed by atoms with Crippen LogP contribution in [0.5, 0.6) is 0 Å². The van der Waals surface area contributed by atoms with Crippen LogP contribution >= 0.6 is 0 Å². The summed E-state index contributed by atoms with van der Waals surface area (Å²) >= 11 is 0. The summed E-state index contributed by atoms with van der Waals surface area (Å²) < 4.78 is 0. The molecule has 2 heteroatoms. The van der Waals surface area contributed by atoms with Gasteiger partial charge in [0.25, 0.3) is 0 Å². The number of para-hydroxylation sites is 1. The average Bonchev–Trinajstić information content (AvgIpc) is 3.01. The number of hydrogen-bond acceptors (Lipinski definition) is 1. The fraction of sp³-hybridized carbons (Fsp3) is 0. The molecule has 0 radical (unpaired) electrons. The highest BCUT2D eigenvalue weighted by Gasteiger charge is 2.41. The van der Waals surface area contributed by atoms with Gasteiger partial charge < -0.3 is 5.32 Å². The number of rotatable bonds is 7. The van der Waals surface area contributed by atoms with Gasteiger partial charge in [-0.05, 0) is 44.5 Å². The Hall–Kier alpha value is -4.66. The van der Waals surface area contributed by atoms with E-state index < -0.39 is 8.07 Å². The summed E-state index contributed by atoms with van der Waals surface area (Å²) in [7, 11) is -2.51. The van der Waals surface area contributed by atoms with Crippen LogP contribution in [-0.4, -0.2) is 8.07 Å². The predicted molar refractivity (Wildman–Crippen MR) is 165 cm³/mol. The Bertz CT molecular complexity index is 1500. The molecular weight excluding hydrogens is 474 g/mol. The van der Waals surface area contributed by atoms with E-state index in [0.717, 1.165) is 11.4 Å². The van der Waals surface area contributed by atoms with E-state index >= 15 is 0 Å². The summed E-state index contributed by atoms with van der Waals surface area (Å²) in [6.07, 6.45) is 0. The van der Waals surface area contributed by atoms with Crippen LogP contribution in [0, 0.1) is 0 Å². The molecule has 0 saturated heterocycles. The van der Waals surface area contributed by atoms with Crippen LogP contribution in [0.25, 0.3) is 11.1 Å². The first-order valence-corrected chi connectivity index (χ1v) is 15.0. The quantitative estimate of drug-likeness (QED) is 0.194. The lowest BCUT2D eigenvalue weighted by atomic mass is 10.0. The summed E-state index contributed by atoms with van der Waals surface area (Å²) in [6.45, 7) is 0. The zero-order valence-corrected chi connectivity index (χ0v) is 22.2. The van der Waals surface area contributed by atoms with E-state index in [1.54, 1.807) is 0 Å².